The highest BCUT2D eigenvalue weighted by atomic mass is 35.7. The molecule has 0 amide bonds. The Hall–Kier alpha value is -5.48. The van der Waals surface area contributed by atoms with Gasteiger partial charge in [-0.25, -0.2) is 81.4 Å². The van der Waals surface area contributed by atoms with E-state index in [4.69, 9.17) is 97.0 Å². The Morgan fingerprint density at radius 1 is 0.403 bits per heavy atom. The quantitative estimate of drug-likeness (QED) is 0.0134. The summed E-state index contributed by atoms with van der Waals surface area (Å²) in [5, 5.41) is 60.2. The lowest BCUT2D eigenvalue weighted by atomic mass is 10.00. The first-order chi connectivity index (χ1) is 52.6. The average molecular weight is 1940 g/mol. The van der Waals surface area contributed by atoms with E-state index in [1.54, 1.807) is 94.4 Å². The minimum atomic E-state index is -3.95. The molecule has 0 saturated carbocycles. The van der Waals surface area contributed by atoms with Gasteiger partial charge >= 0.3 is 17.9 Å². The van der Waals surface area contributed by atoms with Crippen molar-refractivity contribution in [2.75, 3.05) is 21.3 Å². The smallest absolute Gasteiger partial charge is 0.341 e. The normalized spacial score (nSPS) is 13.8. The van der Waals surface area contributed by atoms with Crippen LogP contribution in [0.4, 0.5) is 0 Å². The number of aliphatic hydroxyl groups is 4. The molecule has 7 aromatic heterocycles. The Morgan fingerprint density at radius 3 is 0.866 bits per heavy atom. The molecule has 13 N–H and O–H groups in total. The van der Waals surface area contributed by atoms with Gasteiger partial charge in [-0.2, -0.15) is 0 Å². The van der Waals surface area contributed by atoms with Crippen LogP contribution in [0.1, 0.15) is 211 Å². The Balaban J connectivity index is 0.00000137. The van der Waals surface area contributed by atoms with Crippen molar-refractivity contribution in [2.45, 2.75) is 278 Å². The van der Waals surface area contributed by atoms with Gasteiger partial charge in [0.15, 0.2) is 40.6 Å². The number of hydrogen-bond acceptors (Lipinski definition) is 29. The Kier molecular flexibility index (Phi) is 39.6. The van der Waals surface area contributed by atoms with Gasteiger partial charge in [0, 0.05) is 69.3 Å². The largest absolute Gasteiger partial charge is 0.469 e. The van der Waals surface area contributed by atoms with E-state index >= 15 is 0 Å². The topological polar surface area (TPSA) is 563 Å². The average Bonchev–Trinajstić information content (AvgIpc) is 1.74. The third kappa shape index (κ3) is 34.5. The lowest BCUT2D eigenvalue weighted by Crippen LogP contribution is -2.54. The van der Waals surface area contributed by atoms with E-state index in [0.717, 1.165) is 12.1 Å². The first kappa shape index (κ1) is 114. The number of nitrogens with two attached hydrogens (primary N) is 4. The summed E-state index contributed by atoms with van der Waals surface area (Å²) < 4.78 is 176. The minimum Gasteiger partial charge on any atom is -0.469 e. The molecule has 0 radical (unpaired) electrons. The molecule has 7 aromatic rings. The van der Waals surface area contributed by atoms with Gasteiger partial charge in [0.05, 0.1) is 50.0 Å². The molecule has 0 aliphatic heterocycles. The second kappa shape index (κ2) is 41.6. The van der Waals surface area contributed by atoms with Crippen LogP contribution in [0, 0.1) is 48.5 Å². The molecular weight excluding hydrogens is 1810 g/mol. The van der Waals surface area contributed by atoms with Crippen LogP contribution in [-0.4, -0.2) is 131 Å². The van der Waals surface area contributed by atoms with Crippen LogP contribution in [-0.2, 0) is 95.6 Å². The standard InChI is InChI=1S/2C14H28N2O3SSi.C14H27NO4SSi.C8H13NO4S.C7H7ClO5S.C7H9NO5S.C7H8O3.CHCl3/c2*1-10-11(14(5,6)17)9-12(19-10)20(15,18)16-21(7,8)13(2,3)4;1-10-11(14(5,6)16)9-12(19-10)20(17,18)15-21(7,8)13(2,3)4;1-5-6(8(2,3)10)4-7(13-5)14(9,11)12;2*1-4-5(7(9)12-2)3-6(13-4)14(8,10)11;1-5-6(3-4-10-5)7(8)9-2;2-1(3)4/h2*9,17H,1-8H3,(H2,15,16,18);9,15-16H,1-8H3;4,10H,1-3H3,(H2,9,11,12);3H,1-2H3;3H,1-2H3,(H2,8,10,11);3-4H,1-2H3;1H. The minimum absolute atomic E-state index is 0.0479. The summed E-state index contributed by atoms with van der Waals surface area (Å²) in [6.45, 7) is 54.8. The molecule has 0 saturated heterocycles. The fourth-order valence-corrected chi connectivity index (χ4v) is 24.9. The van der Waals surface area contributed by atoms with Crippen LogP contribution in [0.15, 0.2) is 118 Å². The van der Waals surface area contributed by atoms with E-state index < -0.39 is 132 Å². The number of primary sulfonamides is 2. The Labute approximate surface area is 723 Å². The van der Waals surface area contributed by atoms with E-state index in [1.165, 1.54) is 67.4 Å². The molecule has 0 bridgehead atoms. The number of ether oxygens (including phenoxy) is 3. The number of carbonyl (C=O) groups is 3. The molecule has 0 aliphatic carbocycles. The number of nitrogens with zero attached hydrogens (tertiary/aromatic N) is 2. The van der Waals surface area contributed by atoms with E-state index in [1.807, 2.05) is 60.1 Å². The van der Waals surface area contributed by atoms with Crippen molar-refractivity contribution in [3.63, 3.8) is 0 Å². The lowest BCUT2D eigenvalue weighted by Gasteiger charge is -2.36. The van der Waals surface area contributed by atoms with Gasteiger partial charge in [-0.1, -0.05) is 110 Å². The SMILES string of the molecule is COC(=O)c1cc(S(=O)(=O)Cl)oc1C.COC(=O)c1cc(S(N)(=O)=O)oc1C.COC(=O)c1ccoc1C.Cc1oc(S(=O)(=O)N[Si](C)(C)C(C)(C)C)cc1C(C)(C)O.Cc1oc(S(N)(=O)=N[Si](C)(C)C(C)(C)C)cc1C(C)(C)O.Cc1oc(S(N)(=O)=N[Si](C)(C)C(C)(C)C)cc1C(C)(C)O.Cc1oc(S(N)(=O)=O)cc1C(C)(C)O.ClC(Cl)Cl. The third-order valence-electron chi connectivity index (χ3n) is 18.4. The van der Waals surface area contributed by atoms with Gasteiger partial charge in [0.2, 0.25) is 30.6 Å². The van der Waals surface area contributed by atoms with Crippen molar-refractivity contribution in [1.82, 2.24) is 4.39 Å². The maximum atomic E-state index is 12.8. The van der Waals surface area contributed by atoms with Gasteiger partial charge in [-0.05, 0) is 151 Å². The number of methoxy groups -OCH3 is 3. The molecule has 119 heavy (non-hydrogen) atoms. The first-order valence-corrected chi connectivity index (χ1v) is 55.7. The number of hydrogen-bond donors (Lipinski definition) is 9. The van der Waals surface area contributed by atoms with E-state index in [-0.39, 0.29) is 64.1 Å². The molecule has 7 heterocycles. The monoisotopic (exact) mass is 1930 g/mol. The second-order valence-electron chi connectivity index (χ2n) is 33.5. The number of nitrogens with one attached hydrogen (secondary N) is 1. The van der Waals surface area contributed by atoms with Gasteiger partial charge in [0.25, 0.3) is 39.1 Å². The molecule has 0 aliphatic rings. The second-order valence-corrected chi connectivity index (χ2v) is 61.7. The van der Waals surface area contributed by atoms with E-state index in [0.29, 0.717) is 56.6 Å². The highest BCUT2D eigenvalue weighted by Gasteiger charge is 2.43. The highest BCUT2D eigenvalue weighted by molar-refractivity contribution is 8.13. The Morgan fingerprint density at radius 2 is 0.647 bits per heavy atom. The van der Waals surface area contributed by atoms with Crippen molar-refractivity contribution in [3.8, 4) is 0 Å². The van der Waals surface area contributed by atoms with E-state index in [9.17, 15) is 76.9 Å². The summed E-state index contributed by atoms with van der Waals surface area (Å²) in [6, 6.07) is 9.43. The van der Waals surface area contributed by atoms with Gasteiger partial charge in [-0.15, -0.1) is 0 Å². The number of sulfonamides is 3. The summed E-state index contributed by atoms with van der Waals surface area (Å²) in [6.07, 6.45) is 1.46. The number of esters is 3. The molecule has 0 spiro atoms. The summed E-state index contributed by atoms with van der Waals surface area (Å²) in [5.74, 6) is 0.996. The van der Waals surface area contributed by atoms with Crippen LogP contribution >= 0.6 is 45.5 Å². The maximum Gasteiger partial charge on any atom is 0.341 e. The molecule has 47 heteroatoms. The molecule has 2 unspecified atom stereocenters. The van der Waals surface area contributed by atoms with Crippen LogP contribution in [0.5, 0.6) is 0 Å². The summed E-state index contributed by atoms with van der Waals surface area (Å²) >= 11 is 14.4. The fraction of sp³-hybridized carbons (Fsp3) is 0.569. The number of furan rings is 7. The maximum absolute atomic E-state index is 12.8. The molecule has 2 atom stereocenters. The van der Waals surface area contributed by atoms with Crippen LogP contribution in [0.25, 0.3) is 0 Å². The third-order valence-corrected chi connectivity index (χ3v) is 43.4. The van der Waals surface area contributed by atoms with Crippen molar-refractivity contribution in [1.29, 1.82) is 0 Å². The number of rotatable bonds is 17. The molecule has 0 aromatic carbocycles. The van der Waals surface area contributed by atoms with E-state index in [2.05, 4.69) is 68.2 Å². The zero-order valence-corrected chi connectivity index (χ0v) is 84.5. The molecular formula is C72H121Cl4N7O27S6Si3. The number of carbonyl (C=O) groups excluding carboxylic acids is 3. The Bertz CT molecular complexity index is 5190. The number of halogens is 4. The number of alkyl halides is 3. The van der Waals surface area contributed by atoms with Gasteiger partial charge in [-0.3, -0.25) is 8.06 Å². The van der Waals surface area contributed by atoms with Crippen LogP contribution in [0.3, 0.4) is 0 Å². The molecule has 34 nitrogen and oxygen atoms in total. The fourth-order valence-electron chi connectivity index (χ4n) is 8.89. The molecule has 0 fully saturated rings. The van der Waals surface area contributed by atoms with Crippen molar-refractivity contribution in [3.05, 3.63) is 128 Å². The van der Waals surface area contributed by atoms with Crippen molar-refractivity contribution in [2.24, 2.45) is 28.6 Å². The summed E-state index contributed by atoms with van der Waals surface area (Å²) in [5.41, 5.74) is -1.77. The predicted molar refractivity (Wildman–Crippen MR) is 464 cm³/mol. The summed E-state index contributed by atoms with van der Waals surface area (Å²) in [4.78, 5) is 32.9. The molecule has 682 valence electrons. The van der Waals surface area contributed by atoms with Crippen molar-refractivity contribution < 1.29 is 122 Å². The van der Waals surface area contributed by atoms with Crippen molar-refractivity contribution >= 4 is 147 Å². The zero-order chi connectivity index (χ0) is 94.7. The van der Waals surface area contributed by atoms with Gasteiger partial charge in [0.1, 0.15) is 65.2 Å². The summed E-state index contributed by atoms with van der Waals surface area (Å²) in [7, 11) is -19.5. The van der Waals surface area contributed by atoms with Crippen LogP contribution in [0.2, 0.25) is 54.4 Å². The first-order valence-electron chi connectivity index (χ1n) is 35.5. The molecule has 7 rings (SSSR count). The lowest BCUT2D eigenvalue weighted by molar-refractivity contribution is 0.0589. The predicted octanol–water partition coefficient (Wildman–Crippen LogP) is 15.3. The van der Waals surface area contributed by atoms with Crippen LogP contribution < -0.4 is 24.9 Å². The number of aryl methyl sites for hydroxylation is 7. The van der Waals surface area contributed by atoms with Gasteiger partial charge < -0.3 is 65.6 Å². The zero-order valence-electron chi connectivity index (χ0n) is 73.5. The highest BCUT2D eigenvalue weighted by Crippen LogP contribution is 2.42.